The van der Waals surface area contributed by atoms with Crippen molar-refractivity contribution < 1.29 is 0 Å². The Morgan fingerprint density at radius 2 is 0.800 bits per heavy atom. The van der Waals surface area contributed by atoms with E-state index in [0.717, 1.165) is 0 Å². The van der Waals surface area contributed by atoms with Crippen molar-refractivity contribution in [2.45, 2.75) is 104 Å². The first-order chi connectivity index (χ1) is 19.7. The van der Waals surface area contributed by atoms with E-state index in [-0.39, 0.29) is 0 Å². The number of rotatable bonds is 16. The molecule has 0 spiro atoms. The maximum atomic E-state index is 2.40. The molecule has 0 aliphatic carbocycles. The van der Waals surface area contributed by atoms with Gasteiger partial charge in [-0.15, -0.1) is 22.7 Å². The van der Waals surface area contributed by atoms with Gasteiger partial charge in [-0.05, 0) is 83.0 Å². The van der Waals surface area contributed by atoms with Crippen LogP contribution >= 0.6 is 22.7 Å². The molecule has 0 saturated heterocycles. The van der Waals surface area contributed by atoms with Crippen LogP contribution in [0.25, 0.3) is 41.1 Å². The molecular weight excluding hydrogens is 521 g/mol. The number of aryl methyl sites for hydroxylation is 2. The monoisotopic (exact) mass is 566 g/mol. The first kappa shape index (κ1) is 29.1. The Labute approximate surface area is 250 Å². The zero-order chi connectivity index (χ0) is 27.6. The van der Waals surface area contributed by atoms with Gasteiger partial charge < -0.3 is 0 Å². The molecule has 0 aliphatic rings. The van der Waals surface area contributed by atoms with Crippen LogP contribution < -0.4 is 0 Å². The van der Waals surface area contributed by atoms with Crippen molar-refractivity contribution >= 4 is 42.8 Å². The normalized spacial score (nSPS) is 11.7. The van der Waals surface area contributed by atoms with Crippen LogP contribution in [0.2, 0.25) is 0 Å². The zero-order valence-corrected chi connectivity index (χ0v) is 26.3. The van der Waals surface area contributed by atoms with E-state index < -0.39 is 0 Å². The third-order valence-corrected chi connectivity index (χ3v) is 10.6. The highest BCUT2D eigenvalue weighted by Gasteiger charge is 2.10. The number of thiophene rings is 2. The number of fused-ring (bicyclic) bond motifs is 2. The van der Waals surface area contributed by atoms with Crippen LogP contribution in [-0.2, 0) is 12.8 Å². The number of hydrogen-bond acceptors (Lipinski definition) is 2. The van der Waals surface area contributed by atoms with Crippen molar-refractivity contribution in [2.24, 2.45) is 0 Å². The van der Waals surface area contributed by atoms with Crippen LogP contribution in [0.4, 0.5) is 0 Å². The molecule has 0 fully saturated rings. The Kier molecular flexibility index (Phi) is 10.9. The lowest BCUT2D eigenvalue weighted by molar-refractivity contribution is 0.607. The SMILES string of the molecule is CCCCCCCCc1ccc(-c2cc3cc4sc(-c5ccc(CCCCCCCC)cc5)cc4cc3s2)cc1. The number of hydrogen-bond donors (Lipinski definition) is 0. The Bertz CT molecular complexity index is 1290. The maximum Gasteiger partial charge on any atom is 0.0356 e. The molecule has 2 heteroatoms. The van der Waals surface area contributed by atoms with E-state index in [1.807, 2.05) is 22.7 Å². The smallest absolute Gasteiger partial charge is 0.0356 e. The molecule has 0 unspecified atom stereocenters. The molecule has 2 heterocycles. The van der Waals surface area contributed by atoms with Gasteiger partial charge in [0.05, 0.1) is 0 Å². The quantitative estimate of drug-likeness (QED) is 0.104. The first-order valence-corrected chi connectivity index (χ1v) is 17.5. The van der Waals surface area contributed by atoms with Crippen molar-refractivity contribution in [2.75, 3.05) is 0 Å². The van der Waals surface area contributed by atoms with Gasteiger partial charge in [0.15, 0.2) is 0 Å². The van der Waals surface area contributed by atoms with E-state index in [2.05, 4.69) is 86.6 Å². The van der Waals surface area contributed by atoms with Crippen molar-refractivity contribution in [3.05, 3.63) is 83.9 Å². The van der Waals surface area contributed by atoms with Crippen molar-refractivity contribution in [3.63, 3.8) is 0 Å². The average Bonchev–Trinajstić information content (AvgIpc) is 3.59. The second-order valence-electron chi connectivity index (χ2n) is 11.6. The molecule has 5 aromatic rings. The largest absolute Gasteiger partial charge is 0.135 e. The van der Waals surface area contributed by atoms with Gasteiger partial charge in [0.25, 0.3) is 0 Å². The topological polar surface area (TPSA) is 0 Å². The summed E-state index contributed by atoms with van der Waals surface area (Å²) in [5.41, 5.74) is 5.64. The summed E-state index contributed by atoms with van der Waals surface area (Å²) < 4.78 is 2.77. The molecule has 0 amide bonds. The summed E-state index contributed by atoms with van der Waals surface area (Å²) in [6.45, 7) is 4.57. The van der Waals surface area contributed by atoms with Gasteiger partial charge >= 0.3 is 0 Å². The van der Waals surface area contributed by atoms with Gasteiger partial charge in [-0.25, -0.2) is 0 Å². The second-order valence-corrected chi connectivity index (χ2v) is 13.7. The summed E-state index contributed by atoms with van der Waals surface area (Å²) in [5, 5.41) is 2.73. The maximum absolute atomic E-state index is 2.40. The Morgan fingerprint density at radius 3 is 1.20 bits per heavy atom. The summed E-state index contributed by atoms with van der Waals surface area (Å²) in [5.74, 6) is 0. The Balaban J connectivity index is 1.19. The average molecular weight is 567 g/mol. The molecule has 0 nitrogen and oxygen atoms in total. The summed E-state index contributed by atoms with van der Waals surface area (Å²) in [6, 6.07) is 28.3. The highest BCUT2D eigenvalue weighted by molar-refractivity contribution is 7.23. The van der Waals surface area contributed by atoms with Gasteiger partial charge in [-0.2, -0.15) is 0 Å². The molecular formula is C38H46S2. The molecule has 5 rings (SSSR count). The predicted octanol–water partition coefficient (Wildman–Crippen LogP) is 13.3. The number of benzene rings is 3. The Morgan fingerprint density at radius 1 is 0.425 bits per heavy atom. The summed E-state index contributed by atoms with van der Waals surface area (Å²) >= 11 is 3.85. The predicted molar refractivity (Wildman–Crippen MR) is 182 cm³/mol. The number of unbranched alkanes of at least 4 members (excludes halogenated alkanes) is 10. The minimum Gasteiger partial charge on any atom is -0.135 e. The van der Waals surface area contributed by atoms with E-state index in [1.54, 1.807) is 0 Å². The molecule has 0 saturated carbocycles. The fourth-order valence-electron chi connectivity index (χ4n) is 5.75. The van der Waals surface area contributed by atoms with Crippen LogP contribution in [0, 0.1) is 0 Å². The lowest BCUT2D eigenvalue weighted by Crippen LogP contribution is -1.86. The molecule has 210 valence electrons. The lowest BCUT2D eigenvalue weighted by atomic mass is 10.0. The lowest BCUT2D eigenvalue weighted by Gasteiger charge is -2.04. The summed E-state index contributed by atoms with van der Waals surface area (Å²) in [7, 11) is 0. The van der Waals surface area contributed by atoms with Crippen LogP contribution in [0.1, 0.15) is 102 Å². The fraction of sp³-hybridized carbons (Fsp3) is 0.421. The van der Waals surface area contributed by atoms with E-state index in [0.29, 0.717) is 0 Å². The third kappa shape index (κ3) is 7.86. The van der Waals surface area contributed by atoms with E-state index >= 15 is 0 Å². The molecule has 0 atom stereocenters. The van der Waals surface area contributed by atoms with Gasteiger partial charge in [0.1, 0.15) is 0 Å². The van der Waals surface area contributed by atoms with E-state index in [1.165, 1.54) is 142 Å². The van der Waals surface area contributed by atoms with Crippen LogP contribution in [0.5, 0.6) is 0 Å². The van der Waals surface area contributed by atoms with Crippen molar-refractivity contribution in [1.82, 2.24) is 0 Å². The minimum absolute atomic E-state index is 1.21. The third-order valence-electron chi connectivity index (χ3n) is 8.27. The minimum atomic E-state index is 1.21. The van der Waals surface area contributed by atoms with Gasteiger partial charge in [0.2, 0.25) is 0 Å². The van der Waals surface area contributed by atoms with Gasteiger partial charge in [-0.3, -0.25) is 0 Å². The van der Waals surface area contributed by atoms with E-state index in [4.69, 9.17) is 0 Å². The standard InChI is InChI=1S/C38H46S2/c1-3-5-7-9-11-13-15-29-17-21-31(22-18-29)35-25-33-27-38-34(28-37(33)39-35)26-36(40-38)32-23-19-30(20-24-32)16-14-12-10-8-6-4-2/h17-28H,3-16H2,1-2H3. The van der Waals surface area contributed by atoms with Gasteiger partial charge in [0, 0.05) is 19.2 Å². The Hall–Kier alpha value is -2.42. The molecule has 0 aliphatic heterocycles. The van der Waals surface area contributed by atoms with Crippen molar-refractivity contribution in [3.8, 4) is 20.9 Å². The summed E-state index contributed by atoms with van der Waals surface area (Å²) in [6.07, 6.45) is 18.8. The fourth-order valence-corrected chi connectivity index (χ4v) is 7.94. The summed E-state index contributed by atoms with van der Waals surface area (Å²) in [4.78, 5) is 2.75. The molecule has 0 radical (unpaired) electrons. The molecule has 0 N–H and O–H groups in total. The second kappa shape index (κ2) is 15.0. The van der Waals surface area contributed by atoms with Crippen LogP contribution in [0.3, 0.4) is 0 Å². The van der Waals surface area contributed by atoms with Crippen LogP contribution in [0.15, 0.2) is 72.8 Å². The first-order valence-electron chi connectivity index (χ1n) is 15.9. The molecule has 40 heavy (non-hydrogen) atoms. The van der Waals surface area contributed by atoms with Crippen molar-refractivity contribution in [1.29, 1.82) is 0 Å². The molecule has 2 aromatic heterocycles. The highest BCUT2D eigenvalue weighted by Crippen LogP contribution is 2.40. The van der Waals surface area contributed by atoms with Crippen LogP contribution in [-0.4, -0.2) is 0 Å². The molecule has 0 bridgehead atoms. The van der Waals surface area contributed by atoms with Gasteiger partial charge in [-0.1, -0.05) is 127 Å². The molecule has 3 aromatic carbocycles. The van der Waals surface area contributed by atoms with E-state index in [9.17, 15) is 0 Å². The highest BCUT2D eigenvalue weighted by atomic mass is 32.1. The zero-order valence-electron chi connectivity index (χ0n) is 24.6.